The van der Waals surface area contributed by atoms with Gasteiger partial charge in [-0.25, -0.2) is 4.98 Å². The number of benzene rings is 2. The highest BCUT2D eigenvalue weighted by Crippen LogP contribution is 2.55. The molecule has 6 rings (SSSR count). The fourth-order valence-electron chi connectivity index (χ4n) is 5.22. The Morgan fingerprint density at radius 2 is 1.80 bits per heavy atom. The first kappa shape index (κ1) is 17.4. The van der Waals surface area contributed by atoms with Crippen LogP contribution in [0.3, 0.4) is 0 Å². The van der Waals surface area contributed by atoms with E-state index in [-0.39, 0.29) is 5.41 Å². The van der Waals surface area contributed by atoms with Gasteiger partial charge in [0, 0.05) is 30.4 Å². The molecule has 2 aromatic heterocycles. The van der Waals surface area contributed by atoms with Crippen molar-refractivity contribution in [3.63, 3.8) is 0 Å². The summed E-state index contributed by atoms with van der Waals surface area (Å²) >= 11 is 0. The number of fused-ring (bicyclic) bond motifs is 7. The SMILES string of the molecule is CN1c2ccccc2C(C)(C)C12C=Nc1c(c3ccc[n+](C)c3c3ncccc13)O2. The highest BCUT2D eigenvalue weighted by molar-refractivity contribution is 6.13. The van der Waals surface area contributed by atoms with Crippen molar-refractivity contribution in [2.75, 3.05) is 11.9 Å². The van der Waals surface area contributed by atoms with Crippen LogP contribution in [0.4, 0.5) is 11.4 Å². The average Bonchev–Trinajstić information content (AvgIpc) is 2.92. The summed E-state index contributed by atoms with van der Waals surface area (Å²) in [7, 11) is 4.14. The Kier molecular flexibility index (Phi) is 3.23. The lowest BCUT2D eigenvalue weighted by atomic mass is 9.77. The van der Waals surface area contributed by atoms with Gasteiger partial charge in [0.1, 0.15) is 18.3 Å². The number of rotatable bonds is 0. The van der Waals surface area contributed by atoms with Crippen molar-refractivity contribution < 1.29 is 9.30 Å². The molecule has 30 heavy (non-hydrogen) atoms. The topological polar surface area (TPSA) is 41.6 Å². The van der Waals surface area contributed by atoms with Gasteiger partial charge in [-0.15, -0.1) is 0 Å². The van der Waals surface area contributed by atoms with E-state index < -0.39 is 5.72 Å². The molecule has 1 spiro atoms. The fourth-order valence-corrected chi connectivity index (χ4v) is 5.22. The summed E-state index contributed by atoms with van der Waals surface area (Å²) in [5.74, 6) is 0.817. The van der Waals surface area contributed by atoms with Gasteiger partial charge in [0.2, 0.25) is 11.2 Å². The van der Waals surface area contributed by atoms with Crippen LogP contribution in [0.5, 0.6) is 5.75 Å². The molecule has 2 aromatic carbocycles. The number of para-hydroxylation sites is 1. The lowest BCUT2D eigenvalue weighted by Crippen LogP contribution is -2.61. The van der Waals surface area contributed by atoms with Gasteiger partial charge in [-0.2, -0.15) is 4.57 Å². The van der Waals surface area contributed by atoms with E-state index in [1.54, 1.807) is 0 Å². The molecule has 1 atom stereocenters. The minimum absolute atomic E-state index is 0.285. The Hall–Kier alpha value is -3.47. The zero-order valence-corrected chi connectivity index (χ0v) is 17.5. The number of hydrogen-bond donors (Lipinski definition) is 0. The molecule has 0 aliphatic carbocycles. The maximum atomic E-state index is 7.00. The molecule has 5 nitrogen and oxygen atoms in total. The van der Waals surface area contributed by atoms with Gasteiger partial charge in [-0.1, -0.05) is 18.2 Å². The van der Waals surface area contributed by atoms with Crippen LogP contribution in [0.1, 0.15) is 19.4 Å². The summed E-state index contributed by atoms with van der Waals surface area (Å²) in [5, 5.41) is 2.03. The van der Waals surface area contributed by atoms with Gasteiger partial charge >= 0.3 is 0 Å². The molecule has 5 heteroatoms. The van der Waals surface area contributed by atoms with Crippen LogP contribution in [0, 0.1) is 0 Å². The van der Waals surface area contributed by atoms with E-state index in [0.29, 0.717) is 0 Å². The zero-order valence-electron chi connectivity index (χ0n) is 17.5. The molecule has 4 heterocycles. The smallest absolute Gasteiger partial charge is 0.242 e. The summed E-state index contributed by atoms with van der Waals surface area (Å²) in [6.07, 6.45) is 5.86. The molecule has 1 unspecified atom stereocenters. The van der Waals surface area contributed by atoms with Crippen molar-refractivity contribution in [1.29, 1.82) is 0 Å². The van der Waals surface area contributed by atoms with Gasteiger partial charge in [-0.05, 0) is 43.7 Å². The van der Waals surface area contributed by atoms with Gasteiger partial charge in [0.15, 0.2) is 11.9 Å². The molecule has 148 valence electrons. The number of aliphatic imine (C=N–C) groups is 1. The van der Waals surface area contributed by atoms with Crippen LogP contribution in [0.25, 0.3) is 21.8 Å². The van der Waals surface area contributed by atoms with Crippen LogP contribution in [0.15, 0.2) is 65.9 Å². The second-order valence-corrected chi connectivity index (χ2v) is 8.72. The van der Waals surface area contributed by atoms with E-state index in [0.717, 1.165) is 33.2 Å². The Morgan fingerprint density at radius 1 is 1.00 bits per heavy atom. The number of nitrogens with zero attached hydrogens (tertiary/aromatic N) is 4. The van der Waals surface area contributed by atoms with E-state index >= 15 is 0 Å². The molecule has 0 saturated heterocycles. The monoisotopic (exact) mass is 395 g/mol. The number of pyridine rings is 2. The third-order valence-corrected chi connectivity index (χ3v) is 6.89. The van der Waals surface area contributed by atoms with Crippen LogP contribution in [-0.4, -0.2) is 24.0 Å². The van der Waals surface area contributed by atoms with Crippen LogP contribution in [-0.2, 0) is 12.5 Å². The second-order valence-electron chi connectivity index (χ2n) is 8.72. The third-order valence-electron chi connectivity index (χ3n) is 6.89. The van der Waals surface area contributed by atoms with Gasteiger partial charge in [0.05, 0.1) is 17.0 Å². The largest absolute Gasteiger partial charge is 0.459 e. The first-order chi connectivity index (χ1) is 14.5. The Morgan fingerprint density at radius 3 is 2.63 bits per heavy atom. The van der Waals surface area contributed by atoms with Crippen LogP contribution >= 0.6 is 0 Å². The molecule has 0 radical (unpaired) electrons. The number of likely N-dealkylation sites (N-methyl/N-ethyl adjacent to an activating group) is 1. The third kappa shape index (κ3) is 1.90. The normalized spacial score (nSPS) is 21.1. The molecular formula is C25H23N4O+. The van der Waals surface area contributed by atoms with Crippen molar-refractivity contribution in [3.8, 4) is 5.75 Å². The maximum absolute atomic E-state index is 7.00. The lowest BCUT2D eigenvalue weighted by molar-refractivity contribution is -0.644. The van der Waals surface area contributed by atoms with Gasteiger partial charge < -0.3 is 9.64 Å². The Labute approximate surface area is 175 Å². The fraction of sp³-hybridized carbons (Fsp3) is 0.240. The predicted octanol–water partition coefficient (Wildman–Crippen LogP) is 4.43. The number of anilines is 1. The highest BCUT2D eigenvalue weighted by Gasteiger charge is 2.58. The lowest BCUT2D eigenvalue weighted by Gasteiger charge is -2.45. The van der Waals surface area contributed by atoms with E-state index in [4.69, 9.17) is 9.73 Å². The molecule has 0 fully saturated rings. The number of aromatic nitrogens is 2. The van der Waals surface area contributed by atoms with Crippen molar-refractivity contribution >= 4 is 39.4 Å². The number of hydrogen-bond acceptors (Lipinski definition) is 4. The molecule has 2 aliphatic heterocycles. The molecule has 2 aliphatic rings. The molecular weight excluding hydrogens is 372 g/mol. The number of ether oxygens (including phenoxy) is 1. The van der Waals surface area contributed by atoms with Gasteiger partial charge in [0.25, 0.3) is 0 Å². The van der Waals surface area contributed by atoms with Crippen molar-refractivity contribution in [3.05, 3.63) is 66.5 Å². The summed E-state index contributed by atoms with van der Waals surface area (Å²) in [4.78, 5) is 11.9. The summed E-state index contributed by atoms with van der Waals surface area (Å²) in [6.45, 7) is 4.47. The highest BCUT2D eigenvalue weighted by atomic mass is 16.5. The number of aryl methyl sites for hydroxylation is 1. The van der Waals surface area contributed by atoms with Crippen molar-refractivity contribution in [2.45, 2.75) is 25.0 Å². The zero-order chi connectivity index (χ0) is 20.7. The minimum Gasteiger partial charge on any atom is -0.459 e. The summed E-state index contributed by atoms with van der Waals surface area (Å²) < 4.78 is 9.11. The predicted molar refractivity (Wildman–Crippen MR) is 120 cm³/mol. The van der Waals surface area contributed by atoms with Crippen LogP contribution in [0.2, 0.25) is 0 Å². The molecule has 0 saturated carbocycles. The van der Waals surface area contributed by atoms with E-state index in [1.807, 2.05) is 37.8 Å². The molecule has 4 aromatic rings. The maximum Gasteiger partial charge on any atom is 0.242 e. The van der Waals surface area contributed by atoms with Gasteiger partial charge in [-0.3, -0.25) is 4.99 Å². The summed E-state index contributed by atoms with van der Waals surface area (Å²) in [6, 6.07) is 16.7. The van der Waals surface area contributed by atoms with Crippen molar-refractivity contribution in [1.82, 2.24) is 4.98 Å². The summed E-state index contributed by atoms with van der Waals surface area (Å²) in [5.41, 5.74) is 4.29. The molecule has 0 bridgehead atoms. The van der Waals surface area contributed by atoms with E-state index in [9.17, 15) is 0 Å². The quantitative estimate of drug-likeness (QED) is 0.327. The minimum atomic E-state index is -0.707. The first-order valence-electron chi connectivity index (χ1n) is 10.2. The average molecular weight is 395 g/mol. The first-order valence-corrected chi connectivity index (χ1v) is 10.2. The Bertz CT molecular complexity index is 1390. The standard InChI is InChI=1S/C25H23N4O/c1-24(2)18-11-5-6-12-19(18)29(4)25(24)15-27-21-16-9-7-13-26-20(16)22-17(23(21)30-25)10-8-14-28(22)3/h5-15H,1-4H3/q+1. The van der Waals surface area contributed by atoms with Crippen molar-refractivity contribution in [2.24, 2.45) is 12.0 Å². The molecule has 0 N–H and O–H groups in total. The van der Waals surface area contributed by atoms with E-state index in [1.165, 1.54) is 11.3 Å². The molecule has 0 amide bonds. The van der Waals surface area contributed by atoms with Crippen LogP contribution < -0.4 is 14.2 Å². The Balaban J connectivity index is 1.69. The van der Waals surface area contributed by atoms with E-state index in [2.05, 4.69) is 71.7 Å². The second kappa shape index (κ2) is 5.57.